The van der Waals surface area contributed by atoms with Crippen molar-refractivity contribution in [3.8, 4) is 0 Å². The summed E-state index contributed by atoms with van der Waals surface area (Å²) < 4.78 is 0. The van der Waals surface area contributed by atoms with E-state index in [2.05, 4.69) is 25.3 Å². The molecule has 1 aromatic heterocycles. The summed E-state index contributed by atoms with van der Waals surface area (Å²) in [5, 5.41) is 26.3. The fourth-order valence-electron chi connectivity index (χ4n) is 6.09. The van der Waals surface area contributed by atoms with Crippen LogP contribution in [0.25, 0.3) is 0 Å². The van der Waals surface area contributed by atoms with E-state index >= 15 is 0 Å². The Morgan fingerprint density at radius 2 is 2.00 bits per heavy atom. The van der Waals surface area contributed by atoms with Crippen molar-refractivity contribution in [2.75, 3.05) is 38.2 Å². The van der Waals surface area contributed by atoms with Gasteiger partial charge in [0.1, 0.15) is 35.8 Å². The molecule has 2 atom stereocenters. The van der Waals surface area contributed by atoms with Gasteiger partial charge in [-0.05, 0) is 43.1 Å². The van der Waals surface area contributed by atoms with Crippen LogP contribution in [0, 0.1) is 5.41 Å². The van der Waals surface area contributed by atoms with Gasteiger partial charge in [-0.2, -0.15) is 0 Å². The van der Waals surface area contributed by atoms with Crippen LogP contribution < -0.4 is 11.1 Å². The van der Waals surface area contributed by atoms with Crippen molar-refractivity contribution in [2.45, 2.75) is 37.7 Å². The molecule has 1 aromatic carbocycles. The minimum absolute atomic E-state index is 0.0754. The number of benzene rings is 1. The molecule has 4 aliphatic heterocycles. The highest BCUT2D eigenvalue weighted by atomic mass is 32.2. The number of fused-ring (bicyclic) bond motifs is 1. The number of hydrogen-bond donors (Lipinski definition) is 4. The summed E-state index contributed by atoms with van der Waals surface area (Å²) >= 11 is 2.48. The quantitative estimate of drug-likeness (QED) is 0.116. The maximum absolute atomic E-state index is 13.3. The number of aliphatic carboxylic acids is 1. The van der Waals surface area contributed by atoms with E-state index in [1.54, 1.807) is 5.38 Å². The third-order valence-corrected chi connectivity index (χ3v) is 10.6. The average Bonchev–Trinajstić information content (AvgIpc) is 3.89. The summed E-state index contributed by atoms with van der Waals surface area (Å²) in [6.07, 6.45) is 11.9. The average molecular weight is 716 g/mol. The second kappa shape index (κ2) is 15.1. The highest BCUT2D eigenvalue weighted by Gasteiger charge is 2.54. The van der Waals surface area contributed by atoms with Crippen molar-refractivity contribution in [1.82, 2.24) is 25.0 Å². The summed E-state index contributed by atoms with van der Waals surface area (Å²) in [6.45, 7) is 4.43. The zero-order valence-corrected chi connectivity index (χ0v) is 29.2. The van der Waals surface area contributed by atoms with E-state index in [9.17, 15) is 19.5 Å². The Bertz CT molecular complexity index is 1870. The number of carboxylic acids is 1. The number of carbonyl (C=O) groups is 3. The van der Waals surface area contributed by atoms with Crippen LogP contribution in [0.15, 0.2) is 87.3 Å². The standard InChI is InChI=1S/C34H37N9O5S2/c1-3-4-7-25-23(12-15-42(25)17-20-8-10-21(11-9-20)29(35)41-13-5-6-14-41)37-16-22-18-49-32-27(31(45)43(32)28(22)33(46)47)39-30(44)26(40-48-2)24-19-50-34(36)38-24/h3-4,7-12,15,19,27,32,35H,5-6,13-14,16-18H2,1-2H3,(H2,36,38)(H,39,44)(H,46,47)/b4-3-,25-7+,35-29?,37-23+,40-26-/t27-,32-/m1/s1. The maximum Gasteiger partial charge on any atom is 0.352 e. The first-order valence-electron chi connectivity index (χ1n) is 16.0. The molecule has 2 aromatic rings. The molecule has 0 saturated carbocycles. The van der Waals surface area contributed by atoms with E-state index in [4.69, 9.17) is 21.0 Å². The van der Waals surface area contributed by atoms with Crippen LogP contribution in [0.2, 0.25) is 0 Å². The smallest absolute Gasteiger partial charge is 0.352 e. The lowest BCUT2D eigenvalue weighted by atomic mass is 10.0. The number of aromatic nitrogens is 1. The highest BCUT2D eigenvalue weighted by molar-refractivity contribution is 8.00. The van der Waals surface area contributed by atoms with Crippen LogP contribution in [0.4, 0.5) is 5.13 Å². The fraction of sp³-hybridized carbons (Fsp3) is 0.324. The number of nitrogens with two attached hydrogens (primary N) is 1. The van der Waals surface area contributed by atoms with Crippen molar-refractivity contribution >= 4 is 63.3 Å². The molecule has 16 heteroatoms. The van der Waals surface area contributed by atoms with Crippen LogP contribution in [0.3, 0.4) is 0 Å². The normalized spacial score (nSPS) is 22.2. The molecule has 260 valence electrons. The predicted molar refractivity (Wildman–Crippen MR) is 194 cm³/mol. The first kappa shape index (κ1) is 34.6. The van der Waals surface area contributed by atoms with E-state index < -0.39 is 29.2 Å². The molecule has 0 bridgehead atoms. The lowest BCUT2D eigenvalue weighted by Crippen LogP contribution is -2.71. The number of carbonyl (C=O) groups excluding carboxylic acids is 2. The number of rotatable bonds is 11. The molecule has 0 unspecified atom stereocenters. The highest BCUT2D eigenvalue weighted by Crippen LogP contribution is 2.40. The minimum atomic E-state index is -1.24. The first-order chi connectivity index (χ1) is 24.2. The second-order valence-electron chi connectivity index (χ2n) is 11.8. The Balaban J connectivity index is 1.14. The topological polar surface area (TPSA) is 190 Å². The Morgan fingerprint density at radius 3 is 2.66 bits per heavy atom. The van der Waals surface area contributed by atoms with Crippen molar-refractivity contribution in [1.29, 1.82) is 5.41 Å². The molecule has 2 amide bonds. The number of hydrogen-bond acceptors (Lipinski definition) is 12. The van der Waals surface area contributed by atoms with E-state index in [1.807, 2.05) is 61.7 Å². The number of thiazole rings is 1. The number of anilines is 1. The second-order valence-corrected chi connectivity index (χ2v) is 13.8. The number of likely N-dealkylation sites (tertiary alicyclic amines) is 1. The zero-order valence-electron chi connectivity index (χ0n) is 27.5. The molecule has 14 nitrogen and oxygen atoms in total. The molecule has 5 N–H and O–H groups in total. The molecule has 0 aliphatic carbocycles. The van der Waals surface area contributed by atoms with Crippen molar-refractivity contribution in [2.24, 2.45) is 10.1 Å². The number of nitrogens with one attached hydrogen (secondary N) is 2. The molecular formula is C34H37N9O5S2. The number of amidine groups is 1. The van der Waals surface area contributed by atoms with Crippen LogP contribution in [0.1, 0.15) is 36.6 Å². The van der Waals surface area contributed by atoms with Crippen LogP contribution in [0.5, 0.6) is 0 Å². The van der Waals surface area contributed by atoms with Crippen LogP contribution >= 0.6 is 23.1 Å². The summed E-state index contributed by atoms with van der Waals surface area (Å²) in [7, 11) is 1.28. The van der Waals surface area contributed by atoms with E-state index in [-0.39, 0.29) is 28.8 Å². The number of thioether (sulfide) groups is 1. The van der Waals surface area contributed by atoms with E-state index in [0.29, 0.717) is 29.4 Å². The lowest BCUT2D eigenvalue weighted by Gasteiger charge is -2.49. The van der Waals surface area contributed by atoms with Crippen LogP contribution in [-0.4, -0.2) is 104 Å². The van der Waals surface area contributed by atoms with Gasteiger partial charge in [-0.1, -0.05) is 41.6 Å². The lowest BCUT2D eigenvalue weighted by molar-refractivity contribution is -0.150. The Labute approximate surface area is 297 Å². The van der Waals surface area contributed by atoms with E-state index in [0.717, 1.165) is 54.1 Å². The molecule has 2 saturated heterocycles. The van der Waals surface area contributed by atoms with Gasteiger partial charge in [0.25, 0.3) is 11.8 Å². The van der Waals surface area contributed by atoms with Gasteiger partial charge in [0.15, 0.2) is 10.8 Å². The number of amides is 2. The Morgan fingerprint density at radius 1 is 1.24 bits per heavy atom. The molecule has 5 heterocycles. The third kappa shape index (κ3) is 7.07. The number of nitrogen functional groups attached to an aromatic ring is 1. The molecule has 6 rings (SSSR count). The van der Waals surface area contributed by atoms with Gasteiger partial charge >= 0.3 is 5.97 Å². The van der Waals surface area contributed by atoms with Crippen molar-refractivity contribution in [3.63, 3.8) is 0 Å². The third-order valence-electron chi connectivity index (χ3n) is 8.57. The van der Waals surface area contributed by atoms with Gasteiger partial charge in [-0.3, -0.25) is 24.9 Å². The molecule has 0 radical (unpaired) electrons. The van der Waals surface area contributed by atoms with Gasteiger partial charge in [-0.25, -0.2) is 9.78 Å². The molecule has 2 fully saturated rings. The van der Waals surface area contributed by atoms with Crippen molar-refractivity contribution < 1.29 is 24.3 Å². The molecule has 50 heavy (non-hydrogen) atoms. The van der Waals surface area contributed by atoms with Gasteiger partial charge < -0.3 is 30.8 Å². The summed E-state index contributed by atoms with van der Waals surface area (Å²) in [4.78, 5) is 58.0. The van der Waals surface area contributed by atoms with Gasteiger partial charge in [0, 0.05) is 42.5 Å². The number of carboxylic acid groups (broad SMARTS) is 1. The van der Waals surface area contributed by atoms with Gasteiger partial charge in [-0.15, -0.1) is 23.1 Å². The number of nitrogens with zero attached hydrogens (tertiary/aromatic N) is 6. The summed E-state index contributed by atoms with van der Waals surface area (Å²) in [5.41, 5.74) is 9.65. The number of β-lactam (4-membered cyclic amide) rings is 1. The maximum atomic E-state index is 13.3. The number of oxime groups is 1. The van der Waals surface area contributed by atoms with Crippen LogP contribution in [-0.2, 0) is 25.8 Å². The van der Waals surface area contributed by atoms with Gasteiger partial charge in [0.05, 0.1) is 18.0 Å². The zero-order chi connectivity index (χ0) is 35.4. The molecule has 0 spiro atoms. The number of allylic oxidation sites excluding steroid dienone is 4. The predicted octanol–water partition coefficient (Wildman–Crippen LogP) is 3.17. The molecule has 4 aliphatic rings. The summed E-state index contributed by atoms with van der Waals surface area (Å²) in [6, 6.07) is 7.09. The fourth-order valence-corrected chi connectivity index (χ4v) is 7.97. The first-order valence-corrected chi connectivity index (χ1v) is 17.9. The van der Waals surface area contributed by atoms with Gasteiger partial charge in [0.2, 0.25) is 0 Å². The Hall–Kier alpha value is -5.22. The number of aliphatic imine (C=N–C) groups is 1. The molecular weight excluding hydrogens is 679 g/mol. The summed E-state index contributed by atoms with van der Waals surface area (Å²) in [5.74, 6) is -1.61. The van der Waals surface area contributed by atoms with Crippen molar-refractivity contribution in [3.05, 3.63) is 93.9 Å². The minimum Gasteiger partial charge on any atom is -0.477 e. The monoisotopic (exact) mass is 715 g/mol. The van der Waals surface area contributed by atoms with E-state index in [1.165, 1.54) is 23.8 Å². The largest absolute Gasteiger partial charge is 0.477 e. The Kier molecular flexibility index (Phi) is 10.5. The SMILES string of the molecule is C\C=C/C=C1\C(=N\CC2=C(C(=O)O)N3C(=O)[C@@H](NC(=O)/C(=N\OC)c4csc(N)n4)[C@H]3SC2)C=CN1Cc1ccc(C(=N)N2CCCC2)cc1.